The van der Waals surface area contributed by atoms with E-state index in [9.17, 15) is 9.59 Å². The Morgan fingerprint density at radius 1 is 1.53 bits per heavy atom. The molecule has 0 radical (unpaired) electrons. The molecule has 0 aliphatic carbocycles. The molecule has 0 aromatic heterocycles. The van der Waals surface area contributed by atoms with Crippen molar-refractivity contribution >= 4 is 11.9 Å². The molecule has 0 bridgehead atoms. The molecule has 0 aromatic carbocycles. The van der Waals surface area contributed by atoms with E-state index in [1.807, 2.05) is 0 Å². The molecular formula is C9H16N2O4. The molecule has 0 saturated carbocycles. The average molecular weight is 216 g/mol. The second-order valence-corrected chi connectivity index (χ2v) is 3.60. The first-order valence-electron chi connectivity index (χ1n) is 5.00. The molecule has 1 unspecified atom stereocenters. The summed E-state index contributed by atoms with van der Waals surface area (Å²) in [6.07, 6.45) is 0.776. The quantitative estimate of drug-likeness (QED) is 0.450. The molecule has 1 aliphatic heterocycles. The lowest BCUT2D eigenvalue weighted by molar-refractivity contribution is -0.142. The Bertz CT molecular complexity index is 238. The number of amides is 1. The molecule has 86 valence electrons. The van der Waals surface area contributed by atoms with E-state index in [-0.39, 0.29) is 24.9 Å². The highest BCUT2D eigenvalue weighted by Gasteiger charge is 2.26. The number of aliphatic hydroxyl groups is 1. The maximum absolute atomic E-state index is 11.5. The number of carboxylic acids is 1. The van der Waals surface area contributed by atoms with Gasteiger partial charge < -0.3 is 20.8 Å². The SMILES string of the molecule is O=C(N[C@H](CCO)C(=O)O)C1CCNC1. The van der Waals surface area contributed by atoms with Crippen molar-refractivity contribution in [1.29, 1.82) is 0 Å². The van der Waals surface area contributed by atoms with Gasteiger partial charge in [-0.05, 0) is 13.0 Å². The zero-order valence-corrected chi connectivity index (χ0v) is 8.40. The summed E-state index contributed by atoms with van der Waals surface area (Å²) in [5.74, 6) is -1.50. The van der Waals surface area contributed by atoms with Gasteiger partial charge in [-0.2, -0.15) is 0 Å². The lowest BCUT2D eigenvalue weighted by Gasteiger charge is -2.15. The van der Waals surface area contributed by atoms with Crippen molar-refractivity contribution in [2.24, 2.45) is 5.92 Å². The summed E-state index contributed by atoms with van der Waals surface area (Å²) in [6, 6.07) is -0.983. The third-order valence-corrected chi connectivity index (χ3v) is 2.46. The molecule has 6 nitrogen and oxygen atoms in total. The number of rotatable bonds is 5. The van der Waals surface area contributed by atoms with Gasteiger partial charge in [-0.25, -0.2) is 4.79 Å². The van der Waals surface area contributed by atoms with Crippen LogP contribution in [0.4, 0.5) is 0 Å². The van der Waals surface area contributed by atoms with Crippen LogP contribution in [0.2, 0.25) is 0 Å². The van der Waals surface area contributed by atoms with Gasteiger partial charge in [0, 0.05) is 19.6 Å². The van der Waals surface area contributed by atoms with Crippen LogP contribution in [0.5, 0.6) is 0 Å². The van der Waals surface area contributed by atoms with Gasteiger partial charge in [0.2, 0.25) is 5.91 Å². The summed E-state index contributed by atoms with van der Waals surface area (Å²) in [6.45, 7) is 1.13. The average Bonchev–Trinajstić information content (AvgIpc) is 2.69. The maximum atomic E-state index is 11.5. The van der Waals surface area contributed by atoms with Gasteiger partial charge in [0.15, 0.2) is 0 Å². The smallest absolute Gasteiger partial charge is 0.326 e. The molecule has 1 rings (SSSR count). The molecule has 15 heavy (non-hydrogen) atoms. The van der Waals surface area contributed by atoms with Crippen molar-refractivity contribution in [3.05, 3.63) is 0 Å². The number of hydrogen-bond donors (Lipinski definition) is 4. The summed E-state index contributed by atoms with van der Waals surface area (Å²) in [5.41, 5.74) is 0. The van der Waals surface area contributed by atoms with E-state index < -0.39 is 12.0 Å². The largest absolute Gasteiger partial charge is 0.480 e. The molecule has 6 heteroatoms. The molecule has 4 N–H and O–H groups in total. The maximum Gasteiger partial charge on any atom is 0.326 e. The third kappa shape index (κ3) is 3.49. The summed E-state index contributed by atoms with van der Waals surface area (Å²) >= 11 is 0. The minimum atomic E-state index is -1.11. The van der Waals surface area contributed by atoms with Gasteiger partial charge >= 0.3 is 5.97 Å². The monoisotopic (exact) mass is 216 g/mol. The summed E-state index contributed by atoms with van der Waals surface area (Å²) in [7, 11) is 0. The fourth-order valence-electron chi connectivity index (χ4n) is 1.55. The number of carboxylic acid groups (broad SMARTS) is 1. The molecule has 0 aromatic rings. The Kier molecular flexibility index (Phi) is 4.51. The van der Waals surface area contributed by atoms with Gasteiger partial charge in [0.1, 0.15) is 6.04 Å². The van der Waals surface area contributed by atoms with Crippen LogP contribution in [0.3, 0.4) is 0 Å². The number of aliphatic hydroxyl groups excluding tert-OH is 1. The lowest BCUT2D eigenvalue weighted by Crippen LogP contribution is -2.44. The Balaban J connectivity index is 2.42. The Hall–Kier alpha value is -1.14. The van der Waals surface area contributed by atoms with E-state index in [0.717, 1.165) is 13.0 Å². The van der Waals surface area contributed by atoms with E-state index in [1.54, 1.807) is 0 Å². The highest BCUT2D eigenvalue weighted by atomic mass is 16.4. The first-order valence-corrected chi connectivity index (χ1v) is 5.00. The fourth-order valence-corrected chi connectivity index (χ4v) is 1.55. The zero-order chi connectivity index (χ0) is 11.3. The van der Waals surface area contributed by atoms with Crippen LogP contribution in [0.25, 0.3) is 0 Å². The van der Waals surface area contributed by atoms with Crippen molar-refractivity contribution in [2.45, 2.75) is 18.9 Å². The number of carbonyl (C=O) groups excluding carboxylic acids is 1. The minimum Gasteiger partial charge on any atom is -0.480 e. The highest BCUT2D eigenvalue weighted by Crippen LogP contribution is 2.08. The molecule has 0 spiro atoms. The molecule has 1 heterocycles. The topological polar surface area (TPSA) is 98.7 Å². The van der Waals surface area contributed by atoms with Gasteiger partial charge in [0.25, 0.3) is 0 Å². The van der Waals surface area contributed by atoms with E-state index in [0.29, 0.717) is 6.54 Å². The van der Waals surface area contributed by atoms with Gasteiger partial charge in [0.05, 0.1) is 5.92 Å². The molecule has 1 amide bonds. The van der Waals surface area contributed by atoms with Crippen molar-refractivity contribution in [3.63, 3.8) is 0 Å². The first kappa shape index (κ1) is 11.9. The predicted octanol–water partition coefficient (Wildman–Crippen LogP) is -1.45. The van der Waals surface area contributed by atoms with E-state index >= 15 is 0 Å². The standard InChI is InChI=1S/C9H16N2O4/c12-4-2-7(9(14)15)11-8(13)6-1-3-10-5-6/h6-7,10,12H,1-5H2,(H,11,13)(H,14,15)/t6?,7-/m1/s1. The highest BCUT2D eigenvalue weighted by molar-refractivity contribution is 5.85. The van der Waals surface area contributed by atoms with Crippen molar-refractivity contribution in [2.75, 3.05) is 19.7 Å². The molecule has 1 fully saturated rings. The van der Waals surface area contributed by atoms with Crippen LogP contribution in [-0.4, -0.2) is 47.8 Å². The Morgan fingerprint density at radius 3 is 2.73 bits per heavy atom. The first-order chi connectivity index (χ1) is 7.15. The third-order valence-electron chi connectivity index (χ3n) is 2.46. The summed E-state index contributed by atoms with van der Waals surface area (Å²) in [5, 5.41) is 22.8. The van der Waals surface area contributed by atoms with Gasteiger partial charge in [-0.15, -0.1) is 0 Å². The summed E-state index contributed by atoms with van der Waals surface area (Å²) in [4.78, 5) is 22.2. The van der Waals surface area contributed by atoms with Gasteiger partial charge in [-0.3, -0.25) is 4.79 Å². The van der Waals surface area contributed by atoms with Gasteiger partial charge in [-0.1, -0.05) is 0 Å². The van der Waals surface area contributed by atoms with E-state index in [4.69, 9.17) is 10.2 Å². The second-order valence-electron chi connectivity index (χ2n) is 3.60. The minimum absolute atomic E-state index is 0.0429. The lowest BCUT2D eigenvalue weighted by atomic mass is 10.1. The van der Waals surface area contributed by atoms with Crippen molar-refractivity contribution < 1.29 is 19.8 Å². The van der Waals surface area contributed by atoms with Crippen LogP contribution in [-0.2, 0) is 9.59 Å². The number of aliphatic carboxylic acids is 1. The van der Waals surface area contributed by atoms with E-state index in [2.05, 4.69) is 10.6 Å². The number of hydrogen-bond acceptors (Lipinski definition) is 4. The van der Waals surface area contributed by atoms with Crippen LogP contribution in [0, 0.1) is 5.92 Å². The van der Waals surface area contributed by atoms with Crippen LogP contribution >= 0.6 is 0 Å². The molecule has 2 atom stereocenters. The second kappa shape index (κ2) is 5.67. The molecule has 1 saturated heterocycles. The molecule has 1 aliphatic rings. The molecular weight excluding hydrogens is 200 g/mol. The van der Waals surface area contributed by atoms with E-state index in [1.165, 1.54) is 0 Å². The zero-order valence-electron chi connectivity index (χ0n) is 8.40. The summed E-state index contributed by atoms with van der Waals surface area (Å²) < 4.78 is 0. The normalized spacial score (nSPS) is 22.3. The van der Waals surface area contributed by atoms with Crippen molar-refractivity contribution in [3.8, 4) is 0 Å². The Morgan fingerprint density at radius 2 is 2.27 bits per heavy atom. The van der Waals surface area contributed by atoms with Crippen LogP contribution in [0.15, 0.2) is 0 Å². The fraction of sp³-hybridized carbons (Fsp3) is 0.778. The number of nitrogens with one attached hydrogen (secondary N) is 2. The van der Waals surface area contributed by atoms with Crippen LogP contribution < -0.4 is 10.6 Å². The predicted molar refractivity (Wildman–Crippen MR) is 52.2 cm³/mol. The Labute approximate surface area is 87.7 Å². The van der Waals surface area contributed by atoms with Crippen LogP contribution in [0.1, 0.15) is 12.8 Å². The van der Waals surface area contributed by atoms with Crippen molar-refractivity contribution in [1.82, 2.24) is 10.6 Å². The number of carbonyl (C=O) groups is 2.